The fourth-order valence-corrected chi connectivity index (χ4v) is 3.56. The number of aryl methyl sites for hydroxylation is 1. The fourth-order valence-electron chi connectivity index (χ4n) is 3.56. The Balaban J connectivity index is 1.35. The first-order valence-corrected chi connectivity index (χ1v) is 9.44. The lowest BCUT2D eigenvalue weighted by Crippen LogP contribution is -2.48. The molecule has 4 heteroatoms. The highest BCUT2D eigenvalue weighted by Gasteiger charge is 2.26. The molecule has 1 amide bonds. The van der Waals surface area contributed by atoms with Gasteiger partial charge in [-0.3, -0.25) is 9.69 Å². The zero-order valence-electron chi connectivity index (χ0n) is 15.6. The van der Waals surface area contributed by atoms with Crippen LogP contribution in [0.5, 0.6) is 0 Å². The van der Waals surface area contributed by atoms with Crippen LogP contribution in [0.1, 0.15) is 21.7 Å². The van der Waals surface area contributed by atoms with E-state index >= 15 is 0 Å². The van der Waals surface area contributed by atoms with Crippen LogP contribution in [0.4, 0.5) is 0 Å². The van der Waals surface area contributed by atoms with Gasteiger partial charge in [0.15, 0.2) is 5.76 Å². The lowest BCUT2D eigenvalue weighted by molar-refractivity contribution is 0.0620. The van der Waals surface area contributed by atoms with Gasteiger partial charge in [-0.15, -0.1) is 0 Å². The molecular weight excluding hydrogens is 336 g/mol. The van der Waals surface area contributed by atoms with Crippen molar-refractivity contribution in [2.45, 2.75) is 6.92 Å². The lowest BCUT2D eigenvalue weighted by Gasteiger charge is -2.33. The highest BCUT2D eigenvalue weighted by atomic mass is 16.3. The number of nitrogens with zero attached hydrogens (tertiary/aromatic N) is 2. The van der Waals surface area contributed by atoms with Gasteiger partial charge in [0, 0.05) is 43.7 Å². The predicted octanol–water partition coefficient (Wildman–Crippen LogP) is 4.21. The molecule has 0 spiro atoms. The molecule has 4 rings (SSSR count). The number of rotatable bonds is 4. The van der Waals surface area contributed by atoms with E-state index in [2.05, 4.69) is 29.2 Å². The largest absolute Gasteiger partial charge is 0.451 e. The number of benzene rings is 2. The molecule has 1 aliphatic rings. The predicted molar refractivity (Wildman–Crippen MR) is 109 cm³/mol. The Kier molecular flexibility index (Phi) is 5.07. The van der Waals surface area contributed by atoms with E-state index in [9.17, 15) is 4.79 Å². The van der Waals surface area contributed by atoms with Gasteiger partial charge in [0.1, 0.15) is 5.58 Å². The number of para-hydroxylation sites is 1. The number of hydrogen-bond acceptors (Lipinski definition) is 3. The number of furan rings is 1. The Labute approximate surface area is 159 Å². The maximum Gasteiger partial charge on any atom is 0.289 e. The molecule has 0 aliphatic carbocycles. The SMILES string of the molecule is Cc1c(C(=O)N2CCN(CC=Cc3ccccc3)CC2)oc2ccccc12. The summed E-state index contributed by atoms with van der Waals surface area (Å²) in [5.74, 6) is 0.483. The van der Waals surface area contributed by atoms with Crippen molar-refractivity contribution in [2.24, 2.45) is 0 Å². The van der Waals surface area contributed by atoms with Crippen LogP contribution in [0.25, 0.3) is 17.0 Å². The van der Waals surface area contributed by atoms with E-state index in [1.165, 1.54) is 5.56 Å². The van der Waals surface area contributed by atoms with Crippen molar-refractivity contribution >= 4 is 23.0 Å². The molecule has 0 radical (unpaired) electrons. The monoisotopic (exact) mass is 360 g/mol. The second-order valence-corrected chi connectivity index (χ2v) is 6.96. The van der Waals surface area contributed by atoms with Crippen LogP contribution in [0.2, 0.25) is 0 Å². The summed E-state index contributed by atoms with van der Waals surface area (Å²) in [5.41, 5.74) is 2.93. The average Bonchev–Trinajstić information content (AvgIpc) is 3.06. The first kappa shape index (κ1) is 17.6. The summed E-state index contributed by atoms with van der Waals surface area (Å²) >= 11 is 0. The summed E-state index contributed by atoms with van der Waals surface area (Å²) in [6, 6.07) is 18.1. The van der Waals surface area contributed by atoms with Crippen LogP contribution in [-0.2, 0) is 0 Å². The van der Waals surface area contributed by atoms with Crippen LogP contribution in [0.15, 0.2) is 65.1 Å². The van der Waals surface area contributed by atoms with Crippen molar-refractivity contribution in [3.05, 3.63) is 77.6 Å². The smallest absolute Gasteiger partial charge is 0.289 e. The third kappa shape index (κ3) is 3.81. The molecule has 1 fully saturated rings. The van der Waals surface area contributed by atoms with Gasteiger partial charge in [-0.25, -0.2) is 0 Å². The minimum absolute atomic E-state index is 0.00294. The zero-order chi connectivity index (χ0) is 18.6. The van der Waals surface area contributed by atoms with Gasteiger partial charge in [0.2, 0.25) is 0 Å². The first-order chi connectivity index (χ1) is 13.2. The molecule has 0 bridgehead atoms. The molecular formula is C23H24N2O2. The van der Waals surface area contributed by atoms with Crippen LogP contribution in [-0.4, -0.2) is 48.4 Å². The van der Waals surface area contributed by atoms with Gasteiger partial charge in [0.05, 0.1) is 0 Å². The van der Waals surface area contributed by atoms with Gasteiger partial charge in [0.25, 0.3) is 5.91 Å². The Morgan fingerprint density at radius 3 is 2.44 bits per heavy atom. The molecule has 3 aromatic rings. The van der Waals surface area contributed by atoms with Crippen molar-refractivity contribution in [1.29, 1.82) is 0 Å². The maximum absolute atomic E-state index is 12.9. The first-order valence-electron chi connectivity index (χ1n) is 9.44. The normalized spacial score (nSPS) is 15.7. The summed E-state index contributed by atoms with van der Waals surface area (Å²) in [5, 5.41) is 1.02. The lowest BCUT2D eigenvalue weighted by atomic mass is 10.1. The Morgan fingerprint density at radius 2 is 1.70 bits per heavy atom. The van der Waals surface area contributed by atoms with E-state index in [4.69, 9.17) is 4.42 Å². The number of piperazine rings is 1. The van der Waals surface area contributed by atoms with Crippen molar-refractivity contribution in [3.8, 4) is 0 Å². The van der Waals surface area contributed by atoms with Crippen molar-refractivity contribution in [3.63, 3.8) is 0 Å². The van der Waals surface area contributed by atoms with E-state index in [0.29, 0.717) is 5.76 Å². The quantitative estimate of drug-likeness (QED) is 0.699. The fraction of sp³-hybridized carbons (Fsp3) is 0.261. The number of carbonyl (C=O) groups excluding carboxylic acids is 1. The van der Waals surface area contributed by atoms with E-state index in [1.807, 2.05) is 54.3 Å². The molecule has 138 valence electrons. The third-order valence-electron chi connectivity index (χ3n) is 5.17. The maximum atomic E-state index is 12.9. The molecule has 1 aromatic heterocycles. The van der Waals surface area contributed by atoms with Crippen LogP contribution >= 0.6 is 0 Å². The summed E-state index contributed by atoms with van der Waals surface area (Å²) in [6.45, 7) is 6.08. The van der Waals surface area contributed by atoms with Gasteiger partial charge >= 0.3 is 0 Å². The number of carbonyl (C=O) groups is 1. The van der Waals surface area contributed by atoms with E-state index in [1.54, 1.807) is 0 Å². The van der Waals surface area contributed by atoms with E-state index < -0.39 is 0 Å². The Bertz CT molecular complexity index is 951. The van der Waals surface area contributed by atoms with E-state index in [0.717, 1.165) is 49.3 Å². The van der Waals surface area contributed by atoms with Gasteiger partial charge in [-0.1, -0.05) is 60.7 Å². The minimum atomic E-state index is 0.00294. The van der Waals surface area contributed by atoms with Crippen molar-refractivity contribution in [1.82, 2.24) is 9.80 Å². The van der Waals surface area contributed by atoms with Crippen LogP contribution in [0.3, 0.4) is 0 Å². The van der Waals surface area contributed by atoms with E-state index in [-0.39, 0.29) is 5.91 Å². The summed E-state index contributed by atoms with van der Waals surface area (Å²) in [7, 11) is 0. The number of amides is 1. The summed E-state index contributed by atoms with van der Waals surface area (Å²) in [6.07, 6.45) is 4.34. The Morgan fingerprint density at radius 1 is 1.00 bits per heavy atom. The third-order valence-corrected chi connectivity index (χ3v) is 5.17. The van der Waals surface area contributed by atoms with Gasteiger partial charge < -0.3 is 9.32 Å². The second-order valence-electron chi connectivity index (χ2n) is 6.96. The molecule has 0 N–H and O–H groups in total. The van der Waals surface area contributed by atoms with Crippen molar-refractivity contribution in [2.75, 3.05) is 32.7 Å². The highest BCUT2D eigenvalue weighted by molar-refractivity contribution is 5.98. The number of fused-ring (bicyclic) bond motifs is 1. The topological polar surface area (TPSA) is 36.7 Å². The van der Waals surface area contributed by atoms with Gasteiger partial charge in [-0.05, 0) is 18.6 Å². The zero-order valence-corrected chi connectivity index (χ0v) is 15.6. The molecule has 2 heterocycles. The molecule has 27 heavy (non-hydrogen) atoms. The molecule has 2 aromatic carbocycles. The molecule has 1 aliphatic heterocycles. The average molecular weight is 360 g/mol. The molecule has 0 unspecified atom stereocenters. The summed E-state index contributed by atoms with van der Waals surface area (Å²) < 4.78 is 5.84. The van der Waals surface area contributed by atoms with Crippen molar-refractivity contribution < 1.29 is 9.21 Å². The molecule has 0 atom stereocenters. The highest BCUT2D eigenvalue weighted by Crippen LogP contribution is 2.26. The van der Waals surface area contributed by atoms with Gasteiger partial charge in [-0.2, -0.15) is 0 Å². The van der Waals surface area contributed by atoms with Crippen LogP contribution < -0.4 is 0 Å². The molecule has 4 nitrogen and oxygen atoms in total. The molecule has 0 saturated carbocycles. The second kappa shape index (κ2) is 7.80. The standard InChI is InChI=1S/C23H24N2O2/c1-18-20-11-5-6-12-21(20)27-22(18)23(26)25-16-14-24(15-17-25)13-7-10-19-8-3-2-4-9-19/h2-12H,13-17H2,1H3. The number of hydrogen-bond donors (Lipinski definition) is 0. The van der Waals surface area contributed by atoms with Crippen LogP contribution in [0, 0.1) is 6.92 Å². The summed E-state index contributed by atoms with van der Waals surface area (Å²) in [4.78, 5) is 17.2. The Hall–Kier alpha value is -2.85. The minimum Gasteiger partial charge on any atom is -0.451 e. The molecule has 1 saturated heterocycles.